The fourth-order valence-electron chi connectivity index (χ4n) is 3.34. The molecule has 4 rings (SSSR count). The third-order valence-electron chi connectivity index (χ3n) is 5.43. The first-order valence-electron chi connectivity index (χ1n) is 10.4. The molecule has 0 aliphatic heterocycles. The second-order valence-electron chi connectivity index (χ2n) is 7.88. The Morgan fingerprint density at radius 3 is 0.455 bits per heavy atom. The maximum Gasteiger partial charge on any atom is 0.204 e. The highest BCUT2D eigenvalue weighted by atomic mass is 19.2. The summed E-state index contributed by atoms with van der Waals surface area (Å²) in [5, 5.41) is 26.2. The minimum Gasteiger partial charge on any atom is -0.503 e. The van der Waals surface area contributed by atoms with Crippen molar-refractivity contribution in [2.45, 2.75) is 0 Å². The first-order chi connectivity index (χ1) is 20.2. The first kappa shape index (κ1) is 33.6. The van der Waals surface area contributed by atoms with Crippen LogP contribution in [0.25, 0.3) is 22.3 Å². The summed E-state index contributed by atoms with van der Waals surface area (Å²) in [5.74, 6) is -49.2. The summed E-state index contributed by atoms with van der Waals surface area (Å²) in [7, 11) is 0. The van der Waals surface area contributed by atoms with E-state index in [1.807, 2.05) is 0 Å². The second kappa shape index (κ2) is 11.6. The number of rotatable bonds is 2. The molecule has 44 heavy (non-hydrogen) atoms. The average molecular weight is 662 g/mol. The van der Waals surface area contributed by atoms with Gasteiger partial charge in [0.2, 0.25) is 40.7 Å². The van der Waals surface area contributed by atoms with E-state index < -0.39 is 138 Å². The lowest BCUT2D eigenvalue weighted by Crippen LogP contribution is -2.08. The molecule has 0 unspecified atom stereocenters. The molecule has 3 N–H and O–H groups in total. The monoisotopic (exact) mass is 662 g/mol. The molecule has 0 heterocycles. The molecule has 0 saturated carbocycles. The number of hydrogen-bond acceptors (Lipinski definition) is 3. The normalized spacial score (nSPS) is 11.1. The zero-order valence-corrected chi connectivity index (χ0v) is 19.8. The van der Waals surface area contributed by atoms with Crippen LogP contribution in [0, 0.1) is 98.9 Å². The van der Waals surface area contributed by atoms with Gasteiger partial charge in [-0.1, -0.05) is 0 Å². The Bertz CT molecular complexity index is 1490. The Morgan fingerprint density at radius 1 is 0.182 bits per heavy atom. The van der Waals surface area contributed by atoms with Gasteiger partial charge in [0.1, 0.15) is 0 Å². The maximum atomic E-state index is 13.5. The van der Waals surface area contributed by atoms with Crippen LogP contribution in [-0.2, 0) is 0 Å². The van der Waals surface area contributed by atoms with E-state index in [1.165, 1.54) is 0 Å². The zero-order valence-electron chi connectivity index (χ0n) is 19.8. The second-order valence-corrected chi connectivity index (χ2v) is 7.88. The molecular formula is C24H3F17O3. The molecule has 0 saturated heterocycles. The van der Waals surface area contributed by atoms with E-state index in [-0.39, 0.29) is 0 Å². The van der Waals surface area contributed by atoms with Crippen molar-refractivity contribution in [2.75, 3.05) is 0 Å². The van der Waals surface area contributed by atoms with Crippen LogP contribution >= 0.6 is 0 Å². The SMILES string of the molecule is Oc1c(F)c(F)c(-c2c(F)c(F)c(F)c(F)c2F)c(F)c1F.Oc1c(F)c(F)c(-c2c(F)c(F)c(O)c(F)c2F)c(F)c1F. The highest BCUT2D eigenvalue weighted by Crippen LogP contribution is 2.42. The Kier molecular flexibility index (Phi) is 8.89. The summed E-state index contributed by atoms with van der Waals surface area (Å²) < 4.78 is 226. The van der Waals surface area contributed by atoms with Crippen molar-refractivity contribution in [1.82, 2.24) is 0 Å². The van der Waals surface area contributed by atoms with Crippen LogP contribution < -0.4 is 0 Å². The van der Waals surface area contributed by atoms with Crippen molar-refractivity contribution in [3.05, 3.63) is 98.9 Å². The molecule has 3 nitrogen and oxygen atoms in total. The summed E-state index contributed by atoms with van der Waals surface area (Å²) in [6, 6.07) is 0. The van der Waals surface area contributed by atoms with Gasteiger partial charge in [0.15, 0.2) is 75.4 Å². The summed E-state index contributed by atoms with van der Waals surface area (Å²) in [4.78, 5) is 0. The van der Waals surface area contributed by atoms with E-state index in [1.54, 1.807) is 0 Å². The number of halogens is 17. The van der Waals surface area contributed by atoms with Crippen LogP contribution in [0.3, 0.4) is 0 Å². The van der Waals surface area contributed by atoms with Crippen LogP contribution in [0.15, 0.2) is 0 Å². The molecule has 0 aromatic heterocycles. The number of aromatic hydroxyl groups is 3. The molecule has 0 aliphatic rings. The van der Waals surface area contributed by atoms with Crippen LogP contribution in [0.1, 0.15) is 0 Å². The van der Waals surface area contributed by atoms with Crippen molar-refractivity contribution >= 4 is 0 Å². The van der Waals surface area contributed by atoms with E-state index in [2.05, 4.69) is 0 Å². The molecule has 4 aromatic carbocycles. The van der Waals surface area contributed by atoms with Gasteiger partial charge in [0, 0.05) is 0 Å². The maximum absolute atomic E-state index is 13.5. The van der Waals surface area contributed by atoms with Crippen LogP contribution in [0.5, 0.6) is 17.2 Å². The van der Waals surface area contributed by atoms with Crippen LogP contribution in [0.2, 0.25) is 0 Å². The zero-order chi connectivity index (χ0) is 33.9. The third kappa shape index (κ3) is 4.92. The van der Waals surface area contributed by atoms with Gasteiger partial charge in [0.25, 0.3) is 0 Å². The Morgan fingerprint density at radius 2 is 0.295 bits per heavy atom. The average Bonchev–Trinajstić information content (AvgIpc) is 3.00. The van der Waals surface area contributed by atoms with Gasteiger partial charge in [-0.05, 0) is 0 Å². The highest BCUT2D eigenvalue weighted by Gasteiger charge is 2.35. The molecule has 20 heteroatoms. The predicted molar refractivity (Wildman–Crippen MR) is 108 cm³/mol. The van der Waals surface area contributed by atoms with Gasteiger partial charge in [-0.2, -0.15) is 26.3 Å². The smallest absolute Gasteiger partial charge is 0.204 e. The van der Waals surface area contributed by atoms with Crippen molar-refractivity contribution in [3.63, 3.8) is 0 Å². The predicted octanol–water partition coefficient (Wildman–Crippen LogP) is 8.19. The van der Waals surface area contributed by atoms with Gasteiger partial charge in [0.05, 0.1) is 22.3 Å². The molecular weight excluding hydrogens is 659 g/mol. The molecule has 236 valence electrons. The topological polar surface area (TPSA) is 60.7 Å². The molecule has 0 radical (unpaired) electrons. The highest BCUT2D eigenvalue weighted by molar-refractivity contribution is 5.70. The van der Waals surface area contributed by atoms with E-state index >= 15 is 0 Å². The molecule has 0 fully saturated rings. The lowest BCUT2D eigenvalue weighted by atomic mass is 10.0. The summed E-state index contributed by atoms with van der Waals surface area (Å²) in [6.45, 7) is 0. The quantitative estimate of drug-likeness (QED) is 0.115. The standard InChI is InChI=1S/C12HF9O.C12H2F8O2/c13-3-1(4(14)8(18)9(19)7(3)17)2-5(15)10(20)12(22)11(21)6(2)16;13-3-1(4(14)8(18)11(21)7(3)17)2-5(15)9(19)12(22)10(20)6(2)16/h22H;21-22H. The Labute approximate surface area is 229 Å². The van der Waals surface area contributed by atoms with Crippen molar-refractivity contribution in [3.8, 4) is 39.5 Å². The number of hydrogen-bond donors (Lipinski definition) is 3. The minimum absolute atomic E-state index is 2.12. The summed E-state index contributed by atoms with van der Waals surface area (Å²) in [6.07, 6.45) is 0. The molecule has 0 spiro atoms. The van der Waals surface area contributed by atoms with Crippen molar-refractivity contribution < 1.29 is 90.0 Å². The fourth-order valence-corrected chi connectivity index (χ4v) is 3.34. The molecule has 4 aromatic rings. The molecule has 0 aliphatic carbocycles. The van der Waals surface area contributed by atoms with Gasteiger partial charge >= 0.3 is 0 Å². The van der Waals surface area contributed by atoms with Crippen LogP contribution in [-0.4, -0.2) is 15.3 Å². The first-order valence-corrected chi connectivity index (χ1v) is 10.4. The van der Waals surface area contributed by atoms with Gasteiger partial charge in [-0.25, -0.2) is 48.3 Å². The van der Waals surface area contributed by atoms with Crippen LogP contribution in [0.4, 0.5) is 74.6 Å². The number of phenols is 3. The molecule has 0 atom stereocenters. The van der Waals surface area contributed by atoms with E-state index in [9.17, 15) is 74.6 Å². The molecule has 0 bridgehead atoms. The number of benzene rings is 4. The summed E-state index contributed by atoms with van der Waals surface area (Å²) in [5.41, 5.74) is -8.63. The van der Waals surface area contributed by atoms with E-state index in [0.29, 0.717) is 0 Å². The minimum atomic E-state index is -2.65. The summed E-state index contributed by atoms with van der Waals surface area (Å²) >= 11 is 0. The lowest BCUT2D eigenvalue weighted by Gasteiger charge is -2.12. The number of phenolic OH excluding ortho intramolecular Hbond substituents is 3. The Balaban J connectivity index is 0.000000240. The van der Waals surface area contributed by atoms with E-state index in [4.69, 9.17) is 15.3 Å². The van der Waals surface area contributed by atoms with Gasteiger partial charge < -0.3 is 15.3 Å². The van der Waals surface area contributed by atoms with Crippen molar-refractivity contribution in [1.29, 1.82) is 0 Å². The third-order valence-corrected chi connectivity index (χ3v) is 5.43. The lowest BCUT2D eigenvalue weighted by molar-refractivity contribution is 0.351. The van der Waals surface area contributed by atoms with Gasteiger partial charge in [-0.3, -0.25) is 0 Å². The van der Waals surface area contributed by atoms with Crippen molar-refractivity contribution in [2.24, 2.45) is 0 Å². The largest absolute Gasteiger partial charge is 0.503 e. The van der Waals surface area contributed by atoms with Gasteiger partial charge in [-0.15, -0.1) is 0 Å². The van der Waals surface area contributed by atoms with E-state index in [0.717, 1.165) is 0 Å². The Hall–Kier alpha value is -4.91. The fraction of sp³-hybridized carbons (Fsp3) is 0. The molecule has 0 amide bonds.